The van der Waals surface area contributed by atoms with Crippen molar-refractivity contribution in [2.24, 2.45) is 0 Å². The van der Waals surface area contributed by atoms with Crippen molar-refractivity contribution in [2.75, 3.05) is 13.1 Å². The Morgan fingerprint density at radius 2 is 2.08 bits per heavy atom. The lowest BCUT2D eigenvalue weighted by molar-refractivity contribution is 0.0724. The van der Waals surface area contributed by atoms with Crippen molar-refractivity contribution in [3.63, 3.8) is 0 Å². The maximum absolute atomic E-state index is 12.6. The van der Waals surface area contributed by atoms with Gasteiger partial charge in [-0.3, -0.25) is 9.48 Å². The maximum atomic E-state index is 12.6. The molecule has 0 unspecified atom stereocenters. The van der Waals surface area contributed by atoms with Crippen LogP contribution in [0.4, 0.5) is 0 Å². The highest BCUT2D eigenvalue weighted by atomic mass is 16.2. The summed E-state index contributed by atoms with van der Waals surface area (Å²) in [6, 6.07) is 8.31. The number of benzene rings is 1. The highest BCUT2D eigenvalue weighted by Gasteiger charge is 2.18. The zero-order valence-corrected chi connectivity index (χ0v) is 15.2. The summed E-state index contributed by atoms with van der Waals surface area (Å²) >= 11 is 0. The smallest absolute Gasteiger partial charge is 0.253 e. The quantitative estimate of drug-likeness (QED) is 0.879. The minimum absolute atomic E-state index is 0.168. The van der Waals surface area contributed by atoms with Crippen LogP contribution in [0.2, 0.25) is 0 Å². The summed E-state index contributed by atoms with van der Waals surface area (Å²) in [6.07, 6.45) is 7.41. The number of rotatable bonds is 6. The molecule has 5 nitrogen and oxygen atoms in total. The van der Waals surface area contributed by atoms with Gasteiger partial charge in [0, 0.05) is 37.4 Å². The molecule has 0 spiro atoms. The standard InChI is InChI=1S/C20H28N4O/c1-16-12-22-24(14-16)15-17(2)21-13-18-7-6-8-19(11-18)20(25)23-9-4-3-5-10-23/h6-8,11-12,14,17,21H,3-5,9-10,13,15H2,1-2H3/t17-/m0/s1. The lowest BCUT2D eigenvalue weighted by Gasteiger charge is -2.26. The number of likely N-dealkylation sites (tertiary alicyclic amines) is 1. The van der Waals surface area contributed by atoms with Gasteiger partial charge in [0.05, 0.1) is 12.7 Å². The van der Waals surface area contributed by atoms with Gasteiger partial charge in [0.1, 0.15) is 0 Å². The van der Waals surface area contributed by atoms with Crippen molar-refractivity contribution in [3.05, 3.63) is 53.3 Å². The molecule has 134 valence electrons. The molecule has 0 radical (unpaired) electrons. The molecular weight excluding hydrogens is 312 g/mol. The predicted molar refractivity (Wildman–Crippen MR) is 99.5 cm³/mol. The summed E-state index contributed by atoms with van der Waals surface area (Å²) in [5, 5.41) is 7.84. The van der Waals surface area contributed by atoms with E-state index >= 15 is 0 Å². The minimum atomic E-state index is 0.168. The lowest BCUT2D eigenvalue weighted by atomic mass is 10.1. The van der Waals surface area contributed by atoms with Crippen molar-refractivity contribution in [1.29, 1.82) is 0 Å². The Morgan fingerprint density at radius 3 is 2.80 bits per heavy atom. The Morgan fingerprint density at radius 1 is 1.28 bits per heavy atom. The van der Waals surface area contributed by atoms with E-state index in [2.05, 4.69) is 29.6 Å². The van der Waals surface area contributed by atoms with Gasteiger partial charge in [-0.1, -0.05) is 12.1 Å². The van der Waals surface area contributed by atoms with E-state index in [0.29, 0.717) is 6.04 Å². The fraction of sp³-hybridized carbons (Fsp3) is 0.500. The van der Waals surface area contributed by atoms with E-state index in [9.17, 15) is 4.79 Å². The third-order valence-electron chi connectivity index (χ3n) is 4.70. The van der Waals surface area contributed by atoms with Crippen LogP contribution in [0.25, 0.3) is 0 Å². The number of hydrogen-bond donors (Lipinski definition) is 1. The molecule has 1 aromatic carbocycles. The van der Waals surface area contributed by atoms with Crippen LogP contribution in [-0.4, -0.2) is 39.7 Å². The Labute approximate surface area is 150 Å². The van der Waals surface area contributed by atoms with Crippen molar-refractivity contribution < 1.29 is 4.79 Å². The van der Waals surface area contributed by atoms with Crippen molar-refractivity contribution in [2.45, 2.75) is 52.2 Å². The second-order valence-electron chi connectivity index (χ2n) is 7.07. The predicted octanol–water partition coefficient (Wildman–Crippen LogP) is 3.00. The zero-order valence-electron chi connectivity index (χ0n) is 15.2. The average Bonchev–Trinajstić information content (AvgIpc) is 3.05. The van der Waals surface area contributed by atoms with Crippen LogP contribution in [0.1, 0.15) is 47.7 Å². The van der Waals surface area contributed by atoms with Gasteiger partial charge in [-0.05, 0) is 56.4 Å². The molecule has 0 saturated carbocycles. The highest BCUT2D eigenvalue weighted by molar-refractivity contribution is 5.94. The molecule has 1 atom stereocenters. The van der Waals surface area contributed by atoms with E-state index in [1.807, 2.05) is 40.9 Å². The number of hydrogen-bond acceptors (Lipinski definition) is 3. The first kappa shape index (κ1) is 17.7. The van der Waals surface area contributed by atoms with Gasteiger partial charge in [0.25, 0.3) is 5.91 Å². The molecule has 25 heavy (non-hydrogen) atoms. The normalized spacial score (nSPS) is 16.0. The second-order valence-corrected chi connectivity index (χ2v) is 7.07. The molecule has 1 N–H and O–H groups in total. The number of nitrogens with one attached hydrogen (secondary N) is 1. The van der Waals surface area contributed by atoms with E-state index in [0.717, 1.165) is 50.1 Å². The summed E-state index contributed by atoms with van der Waals surface area (Å²) in [5.74, 6) is 0.168. The highest BCUT2D eigenvalue weighted by Crippen LogP contribution is 2.14. The van der Waals surface area contributed by atoms with Crippen LogP contribution >= 0.6 is 0 Å². The molecule has 3 rings (SSSR count). The van der Waals surface area contributed by atoms with Crippen LogP contribution in [0.15, 0.2) is 36.7 Å². The molecule has 1 aliphatic rings. The number of nitrogens with zero attached hydrogens (tertiary/aromatic N) is 3. The van der Waals surface area contributed by atoms with Gasteiger partial charge in [0.15, 0.2) is 0 Å². The molecule has 1 saturated heterocycles. The molecule has 1 aromatic heterocycles. The van der Waals surface area contributed by atoms with Crippen molar-refractivity contribution >= 4 is 5.91 Å². The Bertz CT molecular complexity index is 703. The van der Waals surface area contributed by atoms with E-state index in [-0.39, 0.29) is 5.91 Å². The molecule has 1 fully saturated rings. The van der Waals surface area contributed by atoms with E-state index in [1.165, 1.54) is 12.0 Å². The fourth-order valence-electron chi connectivity index (χ4n) is 3.30. The van der Waals surface area contributed by atoms with Crippen molar-refractivity contribution in [3.8, 4) is 0 Å². The van der Waals surface area contributed by atoms with Crippen LogP contribution in [0.5, 0.6) is 0 Å². The van der Waals surface area contributed by atoms with Gasteiger partial charge in [-0.2, -0.15) is 5.10 Å². The summed E-state index contributed by atoms with van der Waals surface area (Å²) in [6.45, 7) is 7.57. The van der Waals surface area contributed by atoms with Crippen LogP contribution in [0.3, 0.4) is 0 Å². The van der Waals surface area contributed by atoms with Gasteiger partial charge < -0.3 is 10.2 Å². The van der Waals surface area contributed by atoms with Gasteiger partial charge in [-0.15, -0.1) is 0 Å². The number of amides is 1. The zero-order chi connectivity index (χ0) is 17.6. The van der Waals surface area contributed by atoms with E-state index in [1.54, 1.807) is 0 Å². The summed E-state index contributed by atoms with van der Waals surface area (Å²) < 4.78 is 1.96. The maximum Gasteiger partial charge on any atom is 0.253 e. The summed E-state index contributed by atoms with van der Waals surface area (Å²) in [5.41, 5.74) is 3.12. The third-order valence-corrected chi connectivity index (χ3v) is 4.70. The number of aryl methyl sites for hydroxylation is 1. The first-order valence-corrected chi connectivity index (χ1v) is 9.22. The van der Waals surface area contributed by atoms with E-state index < -0.39 is 0 Å². The number of carbonyl (C=O) groups is 1. The summed E-state index contributed by atoms with van der Waals surface area (Å²) in [4.78, 5) is 14.6. The van der Waals surface area contributed by atoms with Crippen LogP contribution < -0.4 is 5.32 Å². The SMILES string of the molecule is Cc1cnn(C[C@H](C)NCc2cccc(C(=O)N3CCCCC3)c2)c1. The lowest BCUT2D eigenvalue weighted by Crippen LogP contribution is -2.35. The number of aromatic nitrogens is 2. The molecule has 2 heterocycles. The number of piperidine rings is 1. The van der Waals surface area contributed by atoms with Gasteiger partial charge >= 0.3 is 0 Å². The topological polar surface area (TPSA) is 50.2 Å². The molecule has 5 heteroatoms. The first-order valence-electron chi connectivity index (χ1n) is 9.22. The largest absolute Gasteiger partial charge is 0.339 e. The second kappa shape index (κ2) is 8.30. The third kappa shape index (κ3) is 4.92. The average molecular weight is 340 g/mol. The monoisotopic (exact) mass is 340 g/mol. The molecule has 1 aliphatic heterocycles. The fourth-order valence-corrected chi connectivity index (χ4v) is 3.30. The van der Waals surface area contributed by atoms with Crippen LogP contribution in [-0.2, 0) is 13.1 Å². The van der Waals surface area contributed by atoms with Gasteiger partial charge in [0.2, 0.25) is 0 Å². The van der Waals surface area contributed by atoms with Crippen LogP contribution in [0, 0.1) is 6.92 Å². The first-order chi connectivity index (χ1) is 12.1. The minimum Gasteiger partial charge on any atom is -0.339 e. The van der Waals surface area contributed by atoms with E-state index in [4.69, 9.17) is 0 Å². The van der Waals surface area contributed by atoms with Gasteiger partial charge in [-0.25, -0.2) is 0 Å². The number of carbonyl (C=O) groups excluding carboxylic acids is 1. The summed E-state index contributed by atoms with van der Waals surface area (Å²) in [7, 11) is 0. The molecule has 1 amide bonds. The molecule has 0 bridgehead atoms. The Balaban J connectivity index is 1.55. The van der Waals surface area contributed by atoms with Crippen molar-refractivity contribution in [1.82, 2.24) is 20.0 Å². The Kier molecular flexibility index (Phi) is 5.87. The Hall–Kier alpha value is -2.14. The molecule has 2 aromatic rings. The molecular formula is C20H28N4O. The molecule has 0 aliphatic carbocycles.